The summed E-state index contributed by atoms with van der Waals surface area (Å²) < 4.78 is 5.97. The molecule has 22 heavy (non-hydrogen) atoms. The van der Waals surface area contributed by atoms with E-state index in [-0.39, 0.29) is 11.9 Å². The number of anilines is 1. The molecular formula is C17H24N2O3. The fourth-order valence-corrected chi connectivity index (χ4v) is 3.31. The average molecular weight is 304 g/mol. The molecule has 0 aliphatic carbocycles. The quantitative estimate of drug-likeness (QED) is 0.877. The summed E-state index contributed by atoms with van der Waals surface area (Å²) >= 11 is 0. The number of aliphatic hydroxyl groups excluding tert-OH is 1. The molecule has 0 aromatic heterocycles. The van der Waals surface area contributed by atoms with Gasteiger partial charge in [0.2, 0.25) is 5.91 Å². The minimum absolute atomic E-state index is 0.0109. The van der Waals surface area contributed by atoms with Gasteiger partial charge in [0, 0.05) is 13.0 Å². The first-order chi connectivity index (χ1) is 10.4. The minimum atomic E-state index is -0.559. The van der Waals surface area contributed by atoms with Gasteiger partial charge in [-0.3, -0.25) is 4.79 Å². The first-order valence-corrected chi connectivity index (χ1v) is 7.90. The highest BCUT2D eigenvalue weighted by Crippen LogP contribution is 2.39. The summed E-state index contributed by atoms with van der Waals surface area (Å²) in [5.74, 6) is 0.685. The van der Waals surface area contributed by atoms with Gasteiger partial charge in [0.05, 0.1) is 18.3 Å². The number of benzene rings is 1. The smallest absolute Gasteiger partial charge is 0.224 e. The van der Waals surface area contributed by atoms with E-state index in [1.54, 1.807) is 11.8 Å². The van der Waals surface area contributed by atoms with Crippen LogP contribution in [0.5, 0.6) is 5.75 Å². The Balaban J connectivity index is 1.94. The SMILES string of the molecule is CC(=O)N1CC(C)(C)Oc2ccc(C(O)C3CCCN3)cc21. The summed E-state index contributed by atoms with van der Waals surface area (Å²) in [6.07, 6.45) is 1.50. The molecule has 2 N–H and O–H groups in total. The van der Waals surface area contributed by atoms with E-state index < -0.39 is 11.7 Å². The van der Waals surface area contributed by atoms with E-state index in [1.807, 2.05) is 32.0 Å². The highest BCUT2D eigenvalue weighted by atomic mass is 16.5. The van der Waals surface area contributed by atoms with Gasteiger partial charge in [-0.15, -0.1) is 0 Å². The van der Waals surface area contributed by atoms with Gasteiger partial charge in [0.25, 0.3) is 0 Å². The average Bonchev–Trinajstić information content (AvgIpc) is 2.98. The maximum atomic E-state index is 12.0. The molecule has 2 aliphatic heterocycles. The van der Waals surface area contributed by atoms with Gasteiger partial charge < -0.3 is 20.1 Å². The van der Waals surface area contributed by atoms with Crippen molar-refractivity contribution in [1.29, 1.82) is 0 Å². The van der Waals surface area contributed by atoms with Crippen LogP contribution in [0.2, 0.25) is 0 Å². The Kier molecular flexibility index (Phi) is 3.87. The number of fused-ring (bicyclic) bond motifs is 1. The van der Waals surface area contributed by atoms with E-state index in [1.165, 1.54) is 0 Å². The Labute approximate surface area is 131 Å². The van der Waals surface area contributed by atoms with Crippen LogP contribution in [-0.4, -0.2) is 35.7 Å². The maximum Gasteiger partial charge on any atom is 0.224 e. The van der Waals surface area contributed by atoms with Crippen molar-refractivity contribution >= 4 is 11.6 Å². The largest absolute Gasteiger partial charge is 0.484 e. The molecule has 2 unspecified atom stereocenters. The highest BCUT2D eigenvalue weighted by Gasteiger charge is 2.34. The van der Waals surface area contributed by atoms with Crippen LogP contribution in [-0.2, 0) is 4.79 Å². The third-order valence-corrected chi connectivity index (χ3v) is 4.40. The molecule has 2 aliphatic rings. The normalized spacial score (nSPS) is 24.5. The zero-order chi connectivity index (χ0) is 15.9. The molecule has 0 bridgehead atoms. The number of amides is 1. The molecule has 5 nitrogen and oxygen atoms in total. The van der Waals surface area contributed by atoms with Crippen molar-refractivity contribution in [2.75, 3.05) is 18.0 Å². The fraction of sp³-hybridized carbons (Fsp3) is 0.588. The Morgan fingerprint density at radius 2 is 2.27 bits per heavy atom. The van der Waals surface area contributed by atoms with Crippen LogP contribution >= 0.6 is 0 Å². The van der Waals surface area contributed by atoms with E-state index in [9.17, 15) is 9.90 Å². The van der Waals surface area contributed by atoms with Crippen LogP contribution in [0.25, 0.3) is 0 Å². The lowest BCUT2D eigenvalue weighted by Crippen LogP contribution is -2.48. The van der Waals surface area contributed by atoms with Gasteiger partial charge in [0.15, 0.2) is 0 Å². The van der Waals surface area contributed by atoms with Crippen LogP contribution in [0.1, 0.15) is 45.3 Å². The van der Waals surface area contributed by atoms with Gasteiger partial charge in [-0.1, -0.05) is 6.07 Å². The Hall–Kier alpha value is -1.59. The van der Waals surface area contributed by atoms with E-state index >= 15 is 0 Å². The van der Waals surface area contributed by atoms with Crippen LogP contribution in [0.15, 0.2) is 18.2 Å². The summed E-state index contributed by atoms with van der Waals surface area (Å²) in [6, 6.07) is 5.73. The molecule has 2 heterocycles. The predicted molar refractivity (Wildman–Crippen MR) is 85.2 cm³/mol. The van der Waals surface area contributed by atoms with Gasteiger partial charge in [-0.05, 0) is 50.9 Å². The number of carbonyl (C=O) groups excluding carboxylic acids is 1. The highest BCUT2D eigenvalue weighted by molar-refractivity contribution is 5.94. The molecule has 120 valence electrons. The van der Waals surface area contributed by atoms with E-state index in [2.05, 4.69) is 5.32 Å². The topological polar surface area (TPSA) is 61.8 Å². The zero-order valence-electron chi connectivity index (χ0n) is 13.4. The molecular weight excluding hydrogens is 280 g/mol. The molecule has 1 aromatic carbocycles. The molecule has 1 aromatic rings. The van der Waals surface area contributed by atoms with Crippen molar-refractivity contribution in [3.05, 3.63) is 23.8 Å². The second-order valence-corrected chi connectivity index (χ2v) is 6.84. The van der Waals surface area contributed by atoms with E-state index in [0.29, 0.717) is 12.3 Å². The van der Waals surface area contributed by atoms with Gasteiger partial charge >= 0.3 is 0 Å². The number of hydrogen-bond donors (Lipinski definition) is 2. The Morgan fingerprint density at radius 1 is 1.50 bits per heavy atom. The molecule has 1 fully saturated rings. The number of hydrogen-bond acceptors (Lipinski definition) is 4. The number of aliphatic hydroxyl groups is 1. The van der Waals surface area contributed by atoms with Crippen molar-refractivity contribution in [3.63, 3.8) is 0 Å². The standard InChI is InChI=1S/C17H24N2O3/c1-11(20)19-10-17(2,3)22-15-7-6-12(9-14(15)19)16(21)13-5-4-8-18-13/h6-7,9,13,16,18,21H,4-5,8,10H2,1-3H3. The van der Waals surface area contributed by atoms with Crippen LogP contribution < -0.4 is 15.0 Å². The third kappa shape index (κ3) is 2.83. The fourth-order valence-electron chi connectivity index (χ4n) is 3.31. The number of nitrogens with one attached hydrogen (secondary N) is 1. The number of ether oxygens (including phenoxy) is 1. The molecule has 0 spiro atoms. The molecule has 2 atom stereocenters. The summed E-state index contributed by atoms with van der Waals surface area (Å²) in [5, 5.41) is 13.9. The molecule has 0 saturated carbocycles. The maximum absolute atomic E-state index is 12.0. The summed E-state index contributed by atoms with van der Waals surface area (Å²) in [6.45, 7) is 6.96. The lowest BCUT2D eigenvalue weighted by atomic mass is 9.98. The zero-order valence-corrected chi connectivity index (χ0v) is 13.4. The number of rotatable bonds is 2. The van der Waals surface area contributed by atoms with E-state index in [4.69, 9.17) is 4.74 Å². The Morgan fingerprint density at radius 3 is 2.91 bits per heavy atom. The summed E-state index contributed by atoms with van der Waals surface area (Å²) in [4.78, 5) is 13.7. The third-order valence-electron chi connectivity index (χ3n) is 4.40. The van der Waals surface area contributed by atoms with Gasteiger partial charge in [-0.2, -0.15) is 0 Å². The van der Waals surface area contributed by atoms with Crippen LogP contribution in [0.4, 0.5) is 5.69 Å². The minimum Gasteiger partial charge on any atom is -0.484 e. The van der Waals surface area contributed by atoms with Crippen molar-refractivity contribution in [1.82, 2.24) is 5.32 Å². The molecule has 1 saturated heterocycles. The Bertz CT molecular complexity index is 579. The first kappa shape index (κ1) is 15.3. The molecule has 1 amide bonds. The van der Waals surface area contributed by atoms with Crippen molar-refractivity contribution < 1.29 is 14.6 Å². The number of carbonyl (C=O) groups is 1. The van der Waals surface area contributed by atoms with Gasteiger partial charge in [0.1, 0.15) is 11.4 Å². The van der Waals surface area contributed by atoms with Crippen LogP contribution in [0, 0.1) is 0 Å². The van der Waals surface area contributed by atoms with Crippen molar-refractivity contribution in [3.8, 4) is 5.75 Å². The van der Waals surface area contributed by atoms with E-state index in [0.717, 1.165) is 30.6 Å². The second kappa shape index (κ2) is 5.56. The predicted octanol–water partition coefficient (Wildman–Crippen LogP) is 2.00. The summed E-state index contributed by atoms with van der Waals surface area (Å²) in [7, 11) is 0. The molecule has 5 heteroatoms. The van der Waals surface area contributed by atoms with Crippen LogP contribution in [0.3, 0.4) is 0 Å². The second-order valence-electron chi connectivity index (χ2n) is 6.84. The number of nitrogens with zero attached hydrogens (tertiary/aromatic N) is 1. The lowest BCUT2D eigenvalue weighted by Gasteiger charge is -2.39. The monoisotopic (exact) mass is 304 g/mol. The molecule has 3 rings (SSSR count). The van der Waals surface area contributed by atoms with Gasteiger partial charge in [-0.25, -0.2) is 0 Å². The molecule has 0 radical (unpaired) electrons. The lowest BCUT2D eigenvalue weighted by molar-refractivity contribution is -0.117. The van der Waals surface area contributed by atoms with Crippen molar-refractivity contribution in [2.45, 2.75) is 51.4 Å². The summed E-state index contributed by atoms with van der Waals surface area (Å²) in [5.41, 5.74) is 1.17. The van der Waals surface area contributed by atoms with Crippen molar-refractivity contribution in [2.24, 2.45) is 0 Å². The first-order valence-electron chi connectivity index (χ1n) is 7.90.